The molecule has 1 fully saturated rings. The van der Waals surface area contributed by atoms with E-state index in [0.29, 0.717) is 25.4 Å². The zero-order valence-electron chi connectivity index (χ0n) is 23.9. The SMILES string of the molecule is CC(=O)NC(CSc1ccc(OCc2ccccc2)cc1)C(=O)N1CCN(C(c2ccccc2)c2ccccc2)CC1. The third-order valence-corrected chi connectivity index (χ3v) is 8.49. The largest absolute Gasteiger partial charge is 0.489 e. The molecule has 1 aliphatic heterocycles. The summed E-state index contributed by atoms with van der Waals surface area (Å²) in [7, 11) is 0. The van der Waals surface area contributed by atoms with E-state index in [1.54, 1.807) is 11.8 Å². The Labute approximate surface area is 252 Å². The Kier molecular flexibility index (Phi) is 10.3. The number of carbonyl (C=O) groups excluding carboxylic acids is 2. The lowest BCUT2D eigenvalue weighted by molar-refractivity contribution is -0.137. The number of carbonyl (C=O) groups is 2. The highest BCUT2D eigenvalue weighted by Crippen LogP contribution is 2.30. The highest BCUT2D eigenvalue weighted by Gasteiger charge is 2.31. The topological polar surface area (TPSA) is 61.9 Å². The maximum Gasteiger partial charge on any atom is 0.246 e. The van der Waals surface area contributed by atoms with Gasteiger partial charge in [-0.3, -0.25) is 14.5 Å². The van der Waals surface area contributed by atoms with Crippen LogP contribution in [0.2, 0.25) is 0 Å². The Morgan fingerprint density at radius 1 is 0.762 bits per heavy atom. The Morgan fingerprint density at radius 3 is 1.86 bits per heavy atom. The van der Waals surface area contributed by atoms with E-state index in [1.807, 2.05) is 71.6 Å². The zero-order chi connectivity index (χ0) is 29.1. The fourth-order valence-electron chi connectivity index (χ4n) is 5.28. The van der Waals surface area contributed by atoms with Gasteiger partial charge in [-0.2, -0.15) is 0 Å². The van der Waals surface area contributed by atoms with Crippen molar-refractivity contribution in [3.8, 4) is 5.75 Å². The second kappa shape index (κ2) is 14.7. The van der Waals surface area contributed by atoms with E-state index in [0.717, 1.165) is 29.3 Å². The van der Waals surface area contributed by atoms with Crippen molar-refractivity contribution in [3.63, 3.8) is 0 Å². The van der Waals surface area contributed by atoms with Gasteiger partial charge < -0.3 is 15.0 Å². The van der Waals surface area contributed by atoms with Gasteiger partial charge in [-0.25, -0.2) is 0 Å². The van der Waals surface area contributed by atoms with E-state index in [2.05, 4.69) is 58.7 Å². The van der Waals surface area contributed by atoms with Gasteiger partial charge in [0.05, 0.1) is 6.04 Å². The molecule has 0 radical (unpaired) electrons. The van der Waals surface area contributed by atoms with Gasteiger partial charge in [0.25, 0.3) is 0 Å². The molecule has 6 nitrogen and oxygen atoms in total. The number of hydrogen-bond acceptors (Lipinski definition) is 5. The van der Waals surface area contributed by atoms with Crippen LogP contribution in [-0.2, 0) is 16.2 Å². The lowest BCUT2D eigenvalue weighted by Crippen LogP contribution is -2.56. The Hall–Kier alpha value is -4.07. The number of hydrogen-bond donors (Lipinski definition) is 1. The van der Waals surface area contributed by atoms with Gasteiger partial charge in [-0.15, -0.1) is 11.8 Å². The number of ether oxygens (including phenoxy) is 1. The summed E-state index contributed by atoms with van der Waals surface area (Å²) in [6.07, 6.45) is 0. The van der Waals surface area contributed by atoms with E-state index in [1.165, 1.54) is 18.1 Å². The molecule has 1 heterocycles. The third kappa shape index (κ3) is 8.02. The van der Waals surface area contributed by atoms with Crippen molar-refractivity contribution in [1.82, 2.24) is 15.1 Å². The van der Waals surface area contributed by atoms with Crippen molar-refractivity contribution in [2.24, 2.45) is 0 Å². The Balaban J connectivity index is 1.18. The average molecular weight is 580 g/mol. The van der Waals surface area contributed by atoms with Crippen molar-refractivity contribution in [3.05, 3.63) is 132 Å². The highest BCUT2D eigenvalue weighted by atomic mass is 32.2. The second-order valence-electron chi connectivity index (χ2n) is 10.4. The number of thioether (sulfide) groups is 1. The Morgan fingerprint density at radius 2 is 1.31 bits per heavy atom. The molecule has 0 bridgehead atoms. The molecular formula is C35H37N3O3S. The second-order valence-corrected chi connectivity index (χ2v) is 11.5. The molecule has 1 N–H and O–H groups in total. The first-order valence-electron chi connectivity index (χ1n) is 14.4. The molecule has 1 atom stereocenters. The maximum atomic E-state index is 13.6. The van der Waals surface area contributed by atoms with Crippen LogP contribution in [0.4, 0.5) is 0 Å². The van der Waals surface area contributed by atoms with Crippen LogP contribution >= 0.6 is 11.8 Å². The first-order valence-corrected chi connectivity index (χ1v) is 15.3. The molecule has 7 heteroatoms. The molecule has 1 unspecified atom stereocenters. The lowest BCUT2D eigenvalue weighted by atomic mass is 9.96. The predicted octanol–water partition coefficient (Wildman–Crippen LogP) is 5.80. The molecule has 0 spiro atoms. The minimum Gasteiger partial charge on any atom is -0.489 e. The molecular weight excluding hydrogens is 542 g/mol. The molecule has 42 heavy (non-hydrogen) atoms. The van der Waals surface area contributed by atoms with Gasteiger partial charge in [0.2, 0.25) is 11.8 Å². The fourth-order valence-corrected chi connectivity index (χ4v) is 6.19. The van der Waals surface area contributed by atoms with E-state index in [9.17, 15) is 9.59 Å². The van der Waals surface area contributed by atoms with Crippen LogP contribution < -0.4 is 10.1 Å². The van der Waals surface area contributed by atoms with Crippen LogP contribution in [0.3, 0.4) is 0 Å². The fraction of sp³-hybridized carbons (Fsp3) is 0.257. The first kappa shape index (κ1) is 29.4. The van der Waals surface area contributed by atoms with Crippen molar-refractivity contribution < 1.29 is 14.3 Å². The van der Waals surface area contributed by atoms with Gasteiger partial charge in [-0.1, -0.05) is 91.0 Å². The lowest BCUT2D eigenvalue weighted by Gasteiger charge is -2.40. The van der Waals surface area contributed by atoms with Crippen LogP contribution in [-0.4, -0.2) is 59.6 Å². The normalized spacial score (nSPS) is 14.4. The zero-order valence-corrected chi connectivity index (χ0v) is 24.7. The van der Waals surface area contributed by atoms with Gasteiger partial charge in [0.1, 0.15) is 18.4 Å². The van der Waals surface area contributed by atoms with Crippen LogP contribution in [0.15, 0.2) is 120 Å². The molecule has 1 aliphatic rings. The predicted molar refractivity (Wildman–Crippen MR) is 168 cm³/mol. The minimum absolute atomic E-state index is 0.0314. The van der Waals surface area contributed by atoms with Gasteiger partial charge >= 0.3 is 0 Å². The summed E-state index contributed by atoms with van der Waals surface area (Å²) in [5, 5.41) is 2.89. The van der Waals surface area contributed by atoms with Crippen LogP contribution in [0.25, 0.3) is 0 Å². The van der Waals surface area contributed by atoms with Crippen molar-refractivity contribution >= 4 is 23.6 Å². The van der Waals surface area contributed by atoms with Crippen molar-refractivity contribution in [2.75, 3.05) is 31.9 Å². The molecule has 1 saturated heterocycles. The quantitative estimate of drug-likeness (QED) is 0.228. The summed E-state index contributed by atoms with van der Waals surface area (Å²) in [6, 6.07) is 38.5. The monoisotopic (exact) mass is 579 g/mol. The van der Waals surface area contributed by atoms with Gasteiger partial charge in [0.15, 0.2) is 0 Å². The number of amides is 2. The summed E-state index contributed by atoms with van der Waals surface area (Å²) in [6.45, 7) is 4.71. The van der Waals surface area contributed by atoms with Crippen LogP contribution in [0, 0.1) is 0 Å². The molecule has 2 amide bonds. The van der Waals surface area contributed by atoms with E-state index in [4.69, 9.17) is 4.74 Å². The minimum atomic E-state index is -0.591. The molecule has 0 aromatic heterocycles. The number of nitrogens with one attached hydrogen (secondary N) is 1. The van der Waals surface area contributed by atoms with Crippen LogP contribution in [0.1, 0.15) is 29.7 Å². The van der Waals surface area contributed by atoms with E-state index < -0.39 is 6.04 Å². The van der Waals surface area contributed by atoms with E-state index >= 15 is 0 Å². The molecule has 5 rings (SSSR count). The number of benzene rings is 4. The third-order valence-electron chi connectivity index (χ3n) is 7.39. The molecule has 4 aromatic rings. The smallest absolute Gasteiger partial charge is 0.246 e. The summed E-state index contributed by atoms with van der Waals surface area (Å²) < 4.78 is 5.89. The highest BCUT2D eigenvalue weighted by molar-refractivity contribution is 7.99. The van der Waals surface area contributed by atoms with E-state index in [-0.39, 0.29) is 17.9 Å². The van der Waals surface area contributed by atoms with Crippen molar-refractivity contribution in [1.29, 1.82) is 0 Å². The van der Waals surface area contributed by atoms with Crippen LogP contribution in [0.5, 0.6) is 5.75 Å². The van der Waals surface area contributed by atoms with Gasteiger partial charge in [-0.05, 0) is 41.0 Å². The first-order chi connectivity index (χ1) is 20.6. The summed E-state index contributed by atoms with van der Waals surface area (Å²) in [5.41, 5.74) is 3.60. The number of rotatable bonds is 11. The average Bonchev–Trinajstić information content (AvgIpc) is 3.04. The maximum absolute atomic E-state index is 13.6. The van der Waals surface area contributed by atoms with Crippen molar-refractivity contribution in [2.45, 2.75) is 30.5 Å². The molecule has 0 saturated carbocycles. The van der Waals surface area contributed by atoms with Gasteiger partial charge in [0, 0.05) is 43.8 Å². The summed E-state index contributed by atoms with van der Waals surface area (Å²) >= 11 is 1.56. The molecule has 216 valence electrons. The molecule has 4 aromatic carbocycles. The number of piperazine rings is 1. The standard InChI is InChI=1S/C35H37N3O3S/c1-27(39)36-33(26-42-32-19-17-31(18-20-32)41-25-28-11-5-2-6-12-28)35(40)38-23-21-37(22-24-38)34(29-13-7-3-8-14-29)30-15-9-4-10-16-30/h2-20,33-34H,21-26H2,1H3,(H,36,39). The number of nitrogens with zero attached hydrogens (tertiary/aromatic N) is 2. The summed E-state index contributed by atoms with van der Waals surface area (Å²) in [5.74, 6) is 1.01. The Bertz CT molecular complexity index is 1370. The molecule has 0 aliphatic carbocycles. The summed E-state index contributed by atoms with van der Waals surface area (Å²) in [4.78, 5) is 31.0.